The molecule has 0 spiro atoms. The summed E-state index contributed by atoms with van der Waals surface area (Å²) < 4.78 is 10.5. The number of thiophene rings is 1. The van der Waals surface area contributed by atoms with E-state index in [0.29, 0.717) is 30.5 Å². The molecule has 4 aromatic rings. The average Bonchev–Trinajstić information content (AvgIpc) is 3.64. The Balaban J connectivity index is 1.25. The first-order chi connectivity index (χ1) is 16.6. The van der Waals surface area contributed by atoms with Crippen molar-refractivity contribution in [2.75, 3.05) is 18.6 Å². The summed E-state index contributed by atoms with van der Waals surface area (Å²) in [6.45, 7) is 0.719. The molecule has 0 unspecified atom stereocenters. The van der Waals surface area contributed by atoms with Gasteiger partial charge in [0.05, 0.1) is 17.9 Å². The second-order valence-corrected chi connectivity index (χ2v) is 8.87. The maximum Gasteiger partial charge on any atom is 0.268 e. The fraction of sp³-hybridized carbons (Fsp3) is 0.200. The van der Waals surface area contributed by atoms with E-state index in [2.05, 4.69) is 15.5 Å². The summed E-state index contributed by atoms with van der Waals surface area (Å²) in [5, 5.41) is 8.96. The van der Waals surface area contributed by atoms with E-state index in [1.807, 2.05) is 66.0 Å². The Bertz CT molecular complexity index is 1300. The fourth-order valence-electron chi connectivity index (χ4n) is 3.86. The van der Waals surface area contributed by atoms with Gasteiger partial charge in [0, 0.05) is 30.8 Å². The van der Waals surface area contributed by atoms with Crippen LogP contribution in [-0.2, 0) is 16.1 Å². The van der Waals surface area contributed by atoms with E-state index in [4.69, 9.17) is 9.26 Å². The van der Waals surface area contributed by atoms with Crippen LogP contribution < -0.4 is 15.0 Å². The highest BCUT2D eigenvalue weighted by Crippen LogP contribution is 2.30. The van der Waals surface area contributed by atoms with Crippen LogP contribution in [-0.4, -0.2) is 35.6 Å². The van der Waals surface area contributed by atoms with Gasteiger partial charge in [0.2, 0.25) is 17.6 Å². The molecule has 1 saturated heterocycles. The molecule has 0 saturated carbocycles. The number of hydrogen-bond donors (Lipinski definition) is 1. The Morgan fingerprint density at radius 3 is 2.82 bits per heavy atom. The number of carbonyl (C=O) groups excluding carboxylic acids is 2. The van der Waals surface area contributed by atoms with Crippen molar-refractivity contribution in [1.29, 1.82) is 0 Å². The Morgan fingerprint density at radius 2 is 2.06 bits per heavy atom. The number of rotatable bonds is 7. The molecule has 8 nitrogen and oxygen atoms in total. The van der Waals surface area contributed by atoms with E-state index in [9.17, 15) is 9.59 Å². The first-order valence-electron chi connectivity index (χ1n) is 10.8. The van der Waals surface area contributed by atoms with Crippen LogP contribution in [0.5, 0.6) is 5.75 Å². The van der Waals surface area contributed by atoms with Crippen LogP contribution in [0.4, 0.5) is 5.69 Å². The molecular formula is C25H22N4O4S. The van der Waals surface area contributed by atoms with E-state index in [1.165, 1.54) is 11.3 Å². The van der Waals surface area contributed by atoms with E-state index in [0.717, 1.165) is 21.8 Å². The molecule has 1 aliphatic rings. The SMILES string of the molecule is COc1ccc(CNC(=O)[C@H]2CC(=O)N(c3cccc(-c4noc(-c5cccs5)n4)c3)C2)cc1. The number of nitrogens with zero attached hydrogens (tertiary/aromatic N) is 3. The number of carbonyl (C=O) groups is 2. The Hall–Kier alpha value is -3.98. The Kier molecular flexibility index (Phi) is 6.09. The molecular weight excluding hydrogens is 452 g/mol. The summed E-state index contributed by atoms with van der Waals surface area (Å²) in [7, 11) is 1.61. The zero-order valence-electron chi connectivity index (χ0n) is 18.4. The van der Waals surface area contributed by atoms with Crippen molar-refractivity contribution in [3.63, 3.8) is 0 Å². The van der Waals surface area contributed by atoms with Gasteiger partial charge in [-0.05, 0) is 41.3 Å². The highest BCUT2D eigenvalue weighted by Gasteiger charge is 2.35. The molecule has 2 amide bonds. The van der Waals surface area contributed by atoms with E-state index in [1.54, 1.807) is 12.0 Å². The lowest BCUT2D eigenvalue weighted by Crippen LogP contribution is -2.32. The van der Waals surface area contributed by atoms with Gasteiger partial charge in [0.1, 0.15) is 5.75 Å². The summed E-state index contributed by atoms with van der Waals surface area (Å²) in [4.78, 5) is 32.5. The summed E-state index contributed by atoms with van der Waals surface area (Å²) in [6.07, 6.45) is 0.170. The standard InChI is InChI=1S/C25H22N4O4S/c1-32-20-9-7-16(8-10-20)14-26-24(31)18-13-22(30)29(15-18)19-5-2-4-17(12-19)23-27-25(33-28-23)21-6-3-11-34-21/h2-12,18H,13-15H2,1H3,(H,26,31)/t18-/m0/s1. The Morgan fingerprint density at radius 1 is 1.21 bits per heavy atom. The average molecular weight is 475 g/mol. The molecule has 2 aromatic carbocycles. The Labute approximate surface area is 200 Å². The van der Waals surface area contributed by atoms with Crippen LogP contribution in [0.1, 0.15) is 12.0 Å². The highest BCUT2D eigenvalue weighted by atomic mass is 32.1. The van der Waals surface area contributed by atoms with Crippen LogP contribution in [0.15, 0.2) is 70.6 Å². The lowest BCUT2D eigenvalue weighted by Gasteiger charge is -2.17. The molecule has 2 aromatic heterocycles. The van der Waals surface area contributed by atoms with Crippen molar-refractivity contribution in [2.24, 2.45) is 5.92 Å². The number of aromatic nitrogens is 2. The second-order valence-electron chi connectivity index (χ2n) is 7.92. The zero-order valence-corrected chi connectivity index (χ0v) is 19.2. The molecule has 1 atom stereocenters. The van der Waals surface area contributed by atoms with Crippen molar-refractivity contribution in [2.45, 2.75) is 13.0 Å². The molecule has 9 heteroatoms. The minimum absolute atomic E-state index is 0.0888. The van der Waals surface area contributed by atoms with Gasteiger partial charge in [0.15, 0.2) is 0 Å². The maximum absolute atomic E-state index is 12.7. The molecule has 0 radical (unpaired) electrons. The third-order valence-corrected chi connectivity index (χ3v) is 6.55. The van der Waals surface area contributed by atoms with Crippen molar-refractivity contribution >= 4 is 28.8 Å². The topological polar surface area (TPSA) is 97.6 Å². The van der Waals surface area contributed by atoms with Crippen molar-refractivity contribution < 1.29 is 18.8 Å². The number of amides is 2. The first kappa shape index (κ1) is 21.8. The van der Waals surface area contributed by atoms with Gasteiger partial charge in [-0.3, -0.25) is 9.59 Å². The predicted octanol–water partition coefficient (Wildman–Crippen LogP) is 4.14. The van der Waals surface area contributed by atoms with E-state index < -0.39 is 5.92 Å². The van der Waals surface area contributed by atoms with E-state index in [-0.39, 0.29) is 18.2 Å². The van der Waals surface area contributed by atoms with Crippen LogP contribution in [0, 0.1) is 5.92 Å². The zero-order chi connectivity index (χ0) is 23.5. The minimum Gasteiger partial charge on any atom is -0.497 e. The lowest BCUT2D eigenvalue weighted by molar-refractivity contribution is -0.126. The minimum atomic E-state index is -0.412. The number of benzene rings is 2. The normalized spacial score (nSPS) is 15.5. The molecule has 3 heterocycles. The number of nitrogens with one attached hydrogen (secondary N) is 1. The molecule has 34 heavy (non-hydrogen) atoms. The van der Waals surface area contributed by atoms with Gasteiger partial charge in [-0.25, -0.2) is 0 Å². The highest BCUT2D eigenvalue weighted by molar-refractivity contribution is 7.13. The largest absolute Gasteiger partial charge is 0.497 e. The lowest BCUT2D eigenvalue weighted by atomic mass is 10.1. The van der Waals surface area contributed by atoms with Gasteiger partial charge in [-0.1, -0.05) is 35.5 Å². The molecule has 1 aliphatic heterocycles. The summed E-state index contributed by atoms with van der Waals surface area (Å²) in [5.41, 5.74) is 2.41. The fourth-order valence-corrected chi connectivity index (χ4v) is 4.51. The smallest absolute Gasteiger partial charge is 0.268 e. The second kappa shape index (κ2) is 9.48. The number of methoxy groups -OCH3 is 1. The van der Waals surface area contributed by atoms with Crippen LogP contribution >= 0.6 is 11.3 Å². The molecule has 0 bridgehead atoms. The molecule has 1 N–H and O–H groups in total. The quantitative estimate of drug-likeness (QED) is 0.432. The predicted molar refractivity (Wildman–Crippen MR) is 128 cm³/mol. The third-order valence-electron chi connectivity index (χ3n) is 5.70. The summed E-state index contributed by atoms with van der Waals surface area (Å²) >= 11 is 1.52. The number of hydrogen-bond acceptors (Lipinski definition) is 7. The molecule has 0 aliphatic carbocycles. The maximum atomic E-state index is 12.7. The molecule has 172 valence electrons. The van der Waals surface area contributed by atoms with Crippen LogP contribution in [0.3, 0.4) is 0 Å². The number of ether oxygens (including phenoxy) is 1. The monoisotopic (exact) mass is 474 g/mol. The summed E-state index contributed by atoms with van der Waals surface area (Å²) in [6, 6.07) is 18.7. The van der Waals surface area contributed by atoms with Gasteiger partial charge < -0.3 is 19.5 Å². The van der Waals surface area contributed by atoms with Crippen LogP contribution in [0.2, 0.25) is 0 Å². The first-order valence-corrected chi connectivity index (χ1v) is 11.7. The molecule has 5 rings (SSSR count). The van der Waals surface area contributed by atoms with Crippen molar-refractivity contribution in [3.8, 4) is 27.9 Å². The van der Waals surface area contributed by atoms with E-state index >= 15 is 0 Å². The van der Waals surface area contributed by atoms with Crippen molar-refractivity contribution in [3.05, 3.63) is 71.6 Å². The van der Waals surface area contributed by atoms with Gasteiger partial charge in [-0.15, -0.1) is 11.3 Å². The number of anilines is 1. The van der Waals surface area contributed by atoms with Gasteiger partial charge in [0.25, 0.3) is 5.89 Å². The third kappa shape index (κ3) is 4.55. The summed E-state index contributed by atoms with van der Waals surface area (Å²) in [5.74, 6) is 1.03. The van der Waals surface area contributed by atoms with Gasteiger partial charge in [-0.2, -0.15) is 4.98 Å². The molecule has 1 fully saturated rings. The van der Waals surface area contributed by atoms with Crippen LogP contribution in [0.25, 0.3) is 22.2 Å². The van der Waals surface area contributed by atoms with Gasteiger partial charge >= 0.3 is 0 Å². The van der Waals surface area contributed by atoms with Crippen molar-refractivity contribution in [1.82, 2.24) is 15.5 Å².